The summed E-state index contributed by atoms with van der Waals surface area (Å²) in [7, 11) is -4.64. The van der Waals surface area contributed by atoms with E-state index in [0.717, 1.165) is 40.4 Å². The van der Waals surface area contributed by atoms with Gasteiger partial charge in [0, 0.05) is 50.6 Å². The molecule has 236 valence electrons. The summed E-state index contributed by atoms with van der Waals surface area (Å²) in [5, 5.41) is 19.6. The van der Waals surface area contributed by atoms with Gasteiger partial charge in [0.2, 0.25) is 5.69 Å². The van der Waals surface area contributed by atoms with Gasteiger partial charge in [0.15, 0.2) is 0 Å². The molecule has 0 spiro atoms. The zero-order chi connectivity index (χ0) is 34.3. The van der Waals surface area contributed by atoms with Crippen LogP contribution < -0.4 is 0 Å². The molecule has 0 unspecified atom stereocenters. The first-order valence-electron chi connectivity index (χ1n) is 13.8. The minimum Gasteiger partial charge on any atom is -0.478 e. The summed E-state index contributed by atoms with van der Waals surface area (Å²) in [6.07, 6.45) is -0.442. The molecule has 0 saturated carbocycles. The Morgan fingerprint density at radius 2 is 1.71 bits per heavy atom. The first-order chi connectivity index (χ1) is 23.0. The highest BCUT2D eigenvalue weighted by atomic mass is 35.5. The lowest BCUT2D eigenvalue weighted by Gasteiger charge is -2.16. The fraction of sp³-hybridized carbons (Fsp3) is 0.0286. The molecule has 6 rings (SSSR count). The van der Waals surface area contributed by atoms with E-state index in [2.05, 4.69) is 9.83 Å². The second-order valence-electron chi connectivity index (χ2n) is 10.4. The smallest absolute Gasteiger partial charge is 0.335 e. The lowest BCUT2D eigenvalue weighted by atomic mass is 9.93. The Balaban J connectivity index is 1.76. The number of fused-ring (bicyclic) bond motifs is 1. The minimum atomic E-state index is -4.64. The predicted molar refractivity (Wildman–Crippen MR) is 173 cm³/mol. The summed E-state index contributed by atoms with van der Waals surface area (Å²) in [4.78, 5) is 18.6. The van der Waals surface area contributed by atoms with Crippen LogP contribution in [0.15, 0.2) is 102 Å². The zero-order valence-electron chi connectivity index (χ0n) is 24.2. The van der Waals surface area contributed by atoms with Crippen molar-refractivity contribution in [2.45, 2.75) is 11.3 Å². The number of aromatic carboxylic acids is 1. The van der Waals surface area contributed by atoms with Crippen molar-refractivity contribution in [1.29, 1.82) is 5.26 Å². The number of pyridine rings is 1. The van der Waals surface area contributed by atoms with Crippen LogP contribution in [0, 0.1) is 23.7 Å². The van der Waals surface area contributed by atoms with Crippen LogP contribution in [0.25, 0.3) is 49.3 Å². The average Bonchev–Trinajstić information content (AvgIpc) is 3.42. The predicted octanol–water partition coefficient (Wildman–Crippen LogP) is 9.13. The Hall–Kier alpha value is -5.95. The van der Waals surface area contributed by atoms with Gasteiger partial charge in [-0.25, -0.2) is 35.2 Å². The molecule has 13 heteroatoms. The summed E-state index contributed by atoms with van der Waals surface area (Å²) in [5.41, 5.74) is 0.377. The van der Waals surface area contributed by atoms with Gasteiger partial charge in [-0.2, -0.15) is 5.26 Å². The van der Waals surface area contributed by atoms with Crippen LogP contribution in [0.4, 0.5) is 18.9 Å². The van der Waals surface area contributed by atoms with Gasteiger partial charge in [-0.15, -0.1) is 0 Å². The Labute approximate surface area is 276 Å². The van der Waals surface area contributed by atoms with Crippen molar-refractivity contribution in [2.24, 2.45) is 0 Å². The maximum Gasteiger partial charge on any atom is 0.335 e. The van der Waals surface area contributed by atoms with E-state index >= 15 is 0 Å². The largest absolute Gasteiger partial charge is 0.478 e. The molecule has 0 amide bonds. The van der Waals surface area contributed by atoms with Crippen molar-refractivity contribution < 1.29 is 31.5 Å². The number of rotatable bonds is 7. The van der Waals surface area contributed by atoms with Gasteiger partial charge in [0.05, 0.1) is 33.8 Å². The summed E-state index contributed by atoms with van der Waals surface area (Å²) in [5.74, 6) is -1.92. The normalized spacial score (nSPS) is 11.4. The lowest BCUT2D eigenvalue weighted by molar-refractivity contribution is 0.0696. The van der Waals surface area contributed by atoms with Gasteiger partial charge in [-0.1, -0.05) is 48.0 Å². The number of carbonyl (C=O) groups is 1. The van der Waals surface area contributed by atoms with Crippen molar-refractivity contribution >= 4 is 44.2 Å². The number of nitrogens with zero attached hydrogens (tertiary/aromatic N) is 4. The highest BCUT2D eigenvalue weighted by molar-refractivity contribution is 7.90. The molecule has 0 bridgehead atoms. The molecule has 0 radical (unpaired) electrons. The van der Waals surface area contributed by atoms with Crippen molar-refractivity contribution in [2.75, 3.05) is 0 Å². The fourth-order valence-corrected chi connectivity index (χ4v) is 7.32. The molecular formula is C35H18ClF3N4O4S. The Bertz CT molecular complexity index is 2450. The Kier molecular flexibility index (Phi) is 8.23. The summed E-state index contributed by atoms with van der Waals surface area (Å²) in [6.45, 7) is 7.83. The van der Waals surface area contributed by atoms with Crippen molar-refractivity contribution in [1.82, 2.24) is 8.96 Å². The second kappa shape index (κ2) is 12.3. The highest BCUT2D eigenvalue weighted by Gasteiger charge is 2.31. The molecule has 0 aliphatic rings. The van der Waals surface area contributed by atoms with Crippen LogP contribution in [0.3, 0.4) is 0 Å². The third kappa shape index (κ3) is 5.43. The maximum absolute atomic E-state index is 15.0. The number of aromatic nitrogens is 2. The van der Waals surface area contributed by atoms with E-state index in [9.17, 15) is 36.8 Å². The number of nitriles is 1. The number of halogens is 4. The summed E-state index contributed by atoms with van der Waals surface area (Å²) >= 11 is 6.48. The first-order valence-corrected chi connectivity index (χ1v) is 15.6. The maximum atomic E-state index is 15.0. The number of benzene rings is 4. The second-order valence-corrected chi connectivity index (χ2v) is 12.6. The molecule has 0 saturated heterocycles. The third-order valence-electron chi connectivity index (χ3n) is 7.64. The van der Waals surface area contributed by atoms with Crippen molar-refractivity contribution in [3.05, 3.63) is 136 Å². The van der Waals surface area contributed by atoms with Gasteiger partial charge in [0.1, 0.15) is 11.9 Å². The molecule has 2 aromatic heterocycles. The molecule has 0 aliphatic carbocycles. The molecular weight excluding hydrogens is 665 g/mol. The number of carboxylic acids is 1. The lowest BCUT2D eigenvalue weighted by Crippen LogP contribution is -2.14. The number of hydrogen-bond acceptors (Lipinski definition) is 5. The van der Waals surface area contributed by atoms with E-state index in [-0.39, 0.29) is 60.0 Å². The molecule has 48 heavy (non-hydrogen) atoms. The number of alkyl halides is 2. The number of carboxylic acid groups (broad SMARTS) is 1. The van der Waals surface area contributed by atoms with E-state index in [1.165, 1.54) is 36.7 Å². The fourth-order valence-electron chi connectivity index (χ4n) is 5.49. The van der Waals surface area contributed by atoms with E-state index in [0.29, 0.717) is 11.1 Å². The molecule has 4 aromatic carbocycles. The first kappa shape index (κ1) is 32.0. The monoisotopic (exact) mass is 682 g/mol. The Morgan fingerprint density at radius 3 is 2.35 bits per heavy atom. The van der Waals surface area contributed by atoms with Crippen LogP contribution in [-0.4, -0.2) is 28.5 Å². The summed E-state index contributed by atoms with van der Waals surface area (Å²) < 4.78 is 71.7. The molecule has 0 aliphatic heterocycles. The van der Waals surface area contributed by atoms with Gasteiger partial charge >= 0.3 is 5.97 Å². The van der Waals surface area contributed by atoms with Gasteiger partial charge in [0.25, 0.3) is 16.4 Å². The summed E-state index contributed by atoms with van der Waals surface area (Å²) in [6, 6.07) is 19.9. The molecule has 1 N–H and O–H groups in total. The van der Waals surface area contributed by atoms with E-state index in [4.69, 9.17) is 18.2 Å². The SMILES string of the molecule is [C-]#[N+]c1cncc(C#N)c1-c1c(-c2cccc(-c3ccc(C(=O)O)cc3Cl)c2)n(S(=O)(=O)c2ccc(C(F)F)cc2)c2ccc(F)cc12. The standard InChI is InChI=1S/C35H18ClF3N4O4S/c1-41-29-18-42-17-23(16-40)31(29)32-27-15-24(37)8-12-30(27)43(48(46,47)25-9-5-19(6-10-25)34(38)39)33(32)21-4-2-3-20(13-21)26-11-7-22(35(44)45)14-28(26)36/h2-15,17-18,34H,(H,44,45). The van der Waals surface area contributed by atoms with Crippen molar-refractivity contribution in [3.8, 4) is 39.6 Å². The van der Waals surface area contributed by atoms with Gasteiger partial charge in [-0.3, -0.25) is 4.98 Å². The van der Waals surface area contributed by atoms with Gasteiger partial charge < -0.3 is 5.11 Å². The van der Waals surface area contributed by atoms with E-state index in [1.54, 1.807) is 24.3 Å². The molecule has 8 nitrogen and oxygen atoms in total. The highest BCUT2D eigenvalue weighted by Crippen LogP contribution is 2.48. The van der Waals surface area contributed by atoms with E-state index < -0.39 is 33.8 Å². The van der Waals surface area contributed by atoms with Gasteiger partial charge in [-0.05, 0) is 54.1 Å². The van der Waals surface area contributed by atoms with Crippen LogP contribution in [0.5, 0.6) is 0 Å². The quantitative estimate of drug-likeness (QED) is 0.168. The Morgan fingerprint density at radius 1 is 0.979 bits per heavy atom. The third-order valence-corrected chi connectivity index (χ3v) is 9.68. The minimum absolute atomic E-state index is 0.00402. The molecule has 0 atom stereocenters. The zero-order valence-corrected chi connectivity index (χ0v) is 25.8. The average molecular weight is 683 g/mol. The molecule has 0 fully saturated rings. The van der Waals surface area contributed by atoms with Crippen LogP contribution in [-0.2, 0) is 10.0 Å². The number of hydrogen-bond donors (Lipinski definition) is 1. The topological polar surface area (TPSA) is 117 Å². The molecule has 6 aromatic rings. The van der Waals surface area contributed by atoms with Crippen LogP contribution in [0.1, 0.15) is 27.9 Å². The van der Waals surface area contributed by atoms with E-state index in [1.807, 2.05) is 6.07 Å². The van der Waals surface area contributed by atoms with Crippen LogP contribution >= 0.6 is 11.6 Å². The van der Waals surface area contributed by atoms with Crippen LogP contribution in [0.2, 0.25) is 5.02 Å². The van der Waals surface area contributed by atoms with Crippen molar-refractivity contribution in [3.63, 3.8) is 0 Å². The molecule has 2 heterocycles.